The first-order valence-electron chi connectivity index (χ1n) is 8.77. The lowest BCUT2D eigenvalue weighted by atomic mass is 10.2. The predicted molar refractivity (Wildman–Crippen MR) is 108 cm³/mol. The second-order valence-corrected chi connectivity index (χ2v) is 6.68. The Labute approximate surface area is 175 Å². The van der Waals surface area contributed by atoms with Gasteiger partial charge in [-0.25, -0.2) is 14.4 Å². The molecule has 29 heavy (non-hydrogen) atoms. The van der Waals surface area contributed by atoms with Crippen LogP contribution in [0.1, 0.15) is 0 Å². The highest BCUT2D eigenvalue weighted by atomic mass is 79.9. The van der Waals surface area contributed by atoms with Gasteiger partial charge in [-0.1, -0.05) is 0 Å². The molecule has 7 nitrogen and oxygen atoms in total. The van der Waals surface area contributed by atoms with E-state index in [0.717, 1.165) is 0 Å². The van der Waals surface area contributed by atoms with Crippen molar-refractivity contribution >= 4 is 26.8 Å². The minimum Gasteiger partial charge on any atom is -0.493 e. The average molecular weight is 467 g/mol. The third kappa shape index (κ3) is 5.53. The molecule has 0 amide bonds. The van der Waals surface area contributed by atoms with Gasteiger partial charge >= 0.3 is 0 Å². The average Bonchev–Trinajstić information content (AvgIpc) is 2.72. The maximum atomic E-state index is 13.3. The molecule has 0 aliphatic carbocycles. The molecule has 1 heterocycles. The summed E-state index contributed by atoms with van der Waals surface area (Å²) in [5, 5.41) is 0.629. The highest BCUT2D eigenvalue weighted by Crippen LogP contribution is 2.37. The SMILES string of the molecule is COCCOCCOc1cc2ncnc(Oc3ccc(F)cc3Br)c2cc1OC. The lowest BCUT2D eigenvalue weighted by Gasteiger charge is -2.14. The highest BCUT2D eigenvalue weighted by molar-refractivity contribution is 9.10. The van der Waals surface area contributed by atoms with Crippen molar-refractivity contribution in [1.82, 2.24) is 9.97 Å². The van der Waals surface area contributed by atoms with Crippen molar-refractivity contribution in [3.63, 3.8) is 0 Å². The second-order valence-electron chi connectivity index (χ2n) is 5.83. The van der Waals surface area contributed by atoms with Gasteiger partial charge < -0.3 is 23.7 Å². The molecule has 0 unspecified atom stereocenters. The number of methoxy groups -OCH3 is 2. The largest absolute Gasteiger partial charge is 0.493 e. The summed E-state index contributed by atoms with van der Waals surface area (Å²) in [5.41, 5.74) is 0.615. The van der Waals surface area contributed by atoms with Crippen molar-refractivity contribution in [2.45, 2.75) is 0 Å². The number of rotatable bonds is 10. The van der Waals surface area contributed by atoms with Crippen molar-refractivity contribution < 1.29 is 28.1 Å². The first-order chi connectivity index (χ1) is 14.1. The van der Waals surface area contributed by atoms with Crippen LogP contribution >= 0.6 is 15.9 Å². The minimum atomic E-state index is -0.369. The zero-order valence-electron chi connectivity index (χ0n) is 16.0. The van der Waals surface area contributed by atoms with Crippen molar-refractivity contribution in [2.24, 2.45) is 0 Å². The standard InChI is InChI=1S/C20H20BrFN2O5/c1-25-5-6-27-7-8-28-19-11-16-14(10-18(19)26-2)20(24-12-23-16)29-17-4-3-13(22)9-15(17)21/h3-4,9-12H,5-8H2,1-2H3. The fraction of sp³-hybridized carbons (Fsp3) is 0.300. The van der Waals surface area contributed by atoms with E-state index in [1.807, 2.05) is 0 Å². The number of hydrogen-bond acceptors (Lipinski definition) is 7. The summed E-state index contributed by atoms with van der Waals surface area (Å²) in [7, 11) is 3.17. The molecule has 0 aliphatic rings. The highest BCUT2D eigenvalue weighted by Gasteiger charge is 2.14. The van der Waals surface area contributed by atoms with E-state index >= 15 is 0 Å². The number of halogens is 2. The van der Waals surface area contributed by atoms with Gasteiger partial charge in [0.2, 0.25) is 5.88 Å². The zero-order chi connectivity index (χ0) is 20.6. The normalized spacial score (nSPS) is 10.9. The van der Waals surface area contributed by atoms with Crippen LogP contribution in [0.2, 0.25) is 0 Å². The van der Waals surface area contributed by atoms with Crippen LogP contribution in [0.3, 0.4) is 0 Å². The Morgan fingerprint density at radius 3 is 2.52 bits per heavy atom. The van der Waals surface area contributed by atoms with E-state index in [4.69, 9.17) is 23.7 Å². The Morgan fingerprint density at radius 1 is 0.931 bits per heavy atom. The van der Waals surface area contributed by atoms with Crippen LogP contribution in [0.5, 0.6) is 23.1 Å². The van der Waals surface area contributed by atoms with Crippen LogP contribution in [0.15, 0.2) is 41.1 Å². The Kier molecular flexibility index (Phi) is 7.56. The van der Waals surface area contributed by atoms with Crippen molar-refractivity contribution in [2.75, 3.05) is 40.6 Å². The third-order valence-electron chi connectivity index (χ3n) is 3.90. The van der Waals surface area contributed by atoms with Crippen molar-refractivity contribution in [3.05, 3.63) is 46.9 Å². The second kappa shape index (κ2) is 10.3. The fourth-order valence-corrected chi connectivity index (χ4v) is 2.94. The van der Waals surface area contributed by atoms with Gasteiger partial charge in [0, 0.05) is 13.2 Å². The van der Waals surface area contributed by atoms with Gasteiger partial charge in [0.05, 0.1) is 42.3 Å². The maximum Gasteiger partial charge on any atom is 0.230 e. The molecule has 0 bridgehead atoms. The van der Waals surface area contributed by atoms with E-state index in [9.17, 15) is 4.39 Å². The fourth-order valence-electron chi connectivity index (χ4n) is 2.51. The Balaban J connectivity index is 1.81. The van der Waals surface area contributed by atoms with E-state index < -0.39 is 0 Å². The lowest BCUT2D eigenvalue weighted by molar-refractivity contribution is 0.0540. The Hall–Kier alpha value is -2.49. The van der Waals surface area contributed by atoms with E-state index in [2.05, 4.69) is 25.9 Å². The molecule has 0 N–H and O–H groups in total. The van der Waals surface area contributed by atoms with Gasteiger partial charge in [-0.2, -0.15) is 0 Å². The van der Waals surface area contributed by atoms with Gasteiger partial charge in [0.25, 0.3) is 0 Å². The van der Waals surface area contributed by atoms with Crippen LogP contribution in [0, 0.1) is 5.82 Å². The summed E-state index contributed by atoms with van der Waals surface area (Å²) < 4.78 is 41.2. The molecule has 2 aromatic carbocycles. The lowest BCUT2D eigenvalue weighted by Crippen LogP contribution is -2.10. The van der Waals surface area contributed by atoms with Crippen LogP contribution in [0.4, 0.5) is 4.39 Å². The Bertz CT molecular complexity index is 973. The molecule has 0 radical (unpaired) electrons. The molecule has 0 fully saturated rings. The molecule has 0 atom stereocenters. The number of nitrogens with zero attached hydrogens (tertiary/aromatic N) is 2. The quantitative estimate of drug-likeness (QED) is 0.410. The molecule has 0 saturated carbocycles. The third-order valence-corrected chi connectivity index (χ3v) is 4.52. The first kappa shape index (κ1) is 21.2. The summed E-state index contributed by atoms with van der Waals surface area (Å²) in [6.07, 6.45) is 1.39. The molecule has 9 heteroatoms. The summed E-state index contributed by atoms with van der Waals surface area (Å²) in [5.74, 6) is 1.41. The van der Waals surface area contributed by atoms with E-state index in [1.54, 1.807) is 26.4 Å². The molecule has 1 aromatic heterocycles. The van der Waals surface area contributed by atoms with Gasteiger partial charge in [-0.05, 0) is 40.2 Å². The molecule has 0 spiro atoms. The number of benzene rings is 2. The minimum absolute atomic E-state index is 0.315. The van der Waals surface area contributed by atoms with Crippen LogP contribution in [-0.4, -0.2) is 50.6 Å². The first-order valence-corrected chi connectivity index (χ1v) is 9.57. The van der Waals surface area contributed by atoms with Crippen LogP contribution in [0.25, 0.3) is 10.9 Å². The van der Waals surface area contributed by atoms with Gasteiger partial charge in [-0.15, -0.1) is 0 Å². The monoisotopic (exact) mass is 466 g/mol. The van der Waals surface area contributed by atoms with Gasteiger partial charge in [0.15, 0.2) is 11.5 Å². The zero-order valence-corrected chi connectivity index (χ0v) is 17.6. The van der Waals surface area contributed by atoms with Gasteiger partial charge in [-0.3, -0.25) is 0 Å². The topological polar surface area (TPSA) is 71.9 Å². The molecule has 0 saturated heterocycles. The molecule has 0 aliphatic heterocycles. The van der Waals surface area contributed by atoms with Crippen LogP contribution in [-0.2, 0) is 9.47 Å². The van der Waals surface area contributed by atoms with E-state index in [-0.39, 0.29) is 5.82 Å². The predicted octanol–water partition coefficient (Wildman–Crippen LogP) is 4.37. The summed E-state index contributed by atoms with van der Waals surface area (Å²) >= 11 is 3.29. The maximum absolute atomic E-state index is 13.3. The smallest absolute Gasteiger partial charge is 0.230 e. The van der Waals surface area contributed by atoms with Crippen molar-refractivity contribution in [3.8, 4) is 23.1 Å². The van der Waals surface area contributed by atoms with Crippen LogP contribution < -0.4 is 14.2 Å². The van der Waals surface area contributed by atoms with E-state index in [1.165, 1.54) is 24.5 Å². The molecule has 3 rings (SSSR count). The summed E-state index contributed by atoms with van der Waals surface area (Å²) in [6.45, 7) is 1.80. The number of hydrogen-bond donors (Lipinski definition) is 0. The molecule has 3 aromatic rings. The summed E-state index contributed by atoms with van der Waals surface area (Å²) in [6, 6.07) is 7.64. The van der Waals surface area contributed by atoms with E-state index in [0.29, 0.717) is 64.9 Å². The van der Waals surface area contributed by atoms with Crippen molar-refractivity contribution in [1.29, 1.82) is 0 Å². The summed E-state index contributed by atoms with van der Waals surface area (Å²) in [4.78, 5) is 8.48. The number of ether oxygens (including phenoxy) is 5. The molecular formula is C20H20BrFN2O5. The number of aromatic nitrogens is 2. The van der Waals surface area contributed by atoms with Gasteiger partial charge in [0.1, 0.15) is 24.5 Å². The molecule has 154 valence electrons. The Morgan fingerprint density at radius 2 is 1.76 bits per heavy atom. The molecular weight excluding hydrogens is 447 g/mol. The number of fused-ring (bicyclic) bond motifs is 1.